The predicted molar refractivity (Wildman–Crippen MR) is 89.0 cm³/mol. The van der Waals surface area contributed by atoms with Crippen molar-refractivity contribution in [2.24, 2.45) is 0 Å². The van der Waals surface area contributed by atoms with Gasteiger partial charge in [-0.2, -0.15) is 18.4 Å². The first-order valence-corrected chi connectivity index (χ1v) is 7.32. The van der Waals surface area contributed by atoms with Crippen molar-refractivity contribution in [3.05, 3.63) is 66.7 Å². The van der Waals surface area contributed by atoms with Gasteiger partial charge in [0, 0.05) is 13.1 Å². The lowest BCUT2D eigenvalue weighted by molar-refractivity contribution is -0.394. The van der Waals surface area contributed by atoms with Gasteiger partial charge in [0.2, 0.25) is 0 Å². The third-order valence-corrected chi connectivity index (χ3v) is 3.86. The Hall–Kier alpha value is -3.39. The molecule has 0 bridgehead atoms. The standard InChI is InChI=1S/C15H8ClF3N4O4/c1-21(12-3-2-8(7-20)4-11(12)16)14-10(15(17,18)19)5-9(22(24)25)6-13(14)23(26)27/h2-6H,1H3. The summed E-state index contributed by atoms with van der Waals surface area (Å²) in [7, 11) is 1.09. The van der Waals surface area contributed by atoms with Crippen molar-refractivity contribution >= 4 is 34.4 Å². The van der Waals surface area contributed by atoms with E-state index in [9.17, 15) is 33.4 Å². The van der Waals surface area contributed by atoms with Crippen LogP contribution in [0.2, 0.25) is 5.02 Å². The monoisotopic (exact) mass is 400 g/mol. The van der Waals surface area contributed by atoms with E-state index in [4.69, 9.17) is 16.9 Å². The molecule has 0 fully saturated rings. The van der Waals surface area contributed by atoms with Crippen molar-refractivity contribution in [2.45, 2.75) is 6.18 Å². The van der Waals surface area contributed by atoms with Crippen molar-refractivity contribution < 1.29 is 23.0 Å². The third-order valence-electron chi connectivity index (χ3n) is 3.56. The van der Waals surface area contributed by atoms with Crippen LogP contribution in [0.1, 0.15) is 11.1 Å². The summed E-state index contributed by atoms with van der Waals surface area (Å²) >= 11 is 5.98. The average molecular weight is 401 g/mol. The Morgan fingerprint density at radius 2 is 1.78 bits per heavy atom. The summed E-state index contributed by atoms with van der Waals surface area (Å²) in [6, 6.07) is 6.11. The first kappa shape index (κ1) is 19.9. The molecule has 140 valence electrons. The van der Waals surface area contributed by atoms with Gasteiger partial charge in [0.1, 0.15) is 5.69 Å². The summed E-state index contributed by atoms with van der Waals surface area (Å²) in [5.74, 6) is 0. The zero-order valence-electron chi connectivity index (χ0n) is 13.3. The lowest BCUT2D eigenvalue weighted by Crippen LogP contribution is -2.19. The molecule has 0 aliphatic heterocycles. The van der Waals surface area contributed by atoms with E-state index < -0.39 is 38.6 Å². The molecule has 12 heteroatoms. The summed E-state index contributed by atoms with van der Waals surface area (Å²) in [5.41, 5.74) is -4.59. The fourth-order valence-corrected chi connectivity index (χ4v) is 2.69. The number of nitrogens with zero attached hydrogens (tertiary/aromatic N) is 4. The number of nitro groups is 2. The van der Waals surface area contributed by atoms with Crippen LogP contribution in [-0.4, -0.2) is 16.9 Å². The molecule has 0 amide bonds. The highest BCUT2D eigenvalue weighted by Crippen LogP contribution is 2.46. The van der Waals surface area contributed by atoms with E-state index >= 15 is 0 Å². The topological polar surface area (TPSA) is 113 Å². The molecule has 0 radical (unpaired) electrons. The van der Waals surface area contributed by atoms with Crippen LogP contribution in [0.4, 0.5) is 35.9 Å². The average Bonchev–Trinajstić information content (AvgIpc) is 2.58. The summed E-state index contributed by atoms with van der Waals surface area (Å²) in [6.07, 6.45) is -5.11. The summed E-state index contributed by atoms with van der Waals surface area (Å²) < 4.78 is 40.4. The second-order valence-corrected chi connectivity index (χ2v) is 5.62. The Kier molecular flexibility index (Phi) is 5.23. The molecule has 2 aromatic carbocycles. The number of non-ortho nitro benzene ring substituents is 1. The minimum absolute atomic E-state index is 0.0573. The fourth-order valence-electron chi connectivity index (χ4n) is 2.39. The molecule has 2 rings (SSSR count). The van der Waals surface area contributed by atoms with Gasteiger partial charge in [-0.3, -0.25) is 20.2 Å². The Labute approximate surface area is 154 Å². The molecule has 0 N–H and O–H groups in total. The van der Waals surface area contributed by atoms with E-state index in [-0.39, 0.29) is 22.3 Å². The second kappa shape index (κ2) is 7.08. The molecule has 0 saturated heterocycles. The molecule has 0 unspecified atom stereocenters. The molecule has 2 aromatic rings. The number of halogens is 4. The van der Waals surface area contributed by atoms with E-state index in [1.54, 1.807) is 6.07 Å². The van der Waals surface area contributed by atoms with Gasteiger partial charge in [-0.1, -0.05) is 11.6 Å². The normalized spacial score (nSPS) is 11.0. The zero-order chi connectivity index (χ0) is 20.5. The predicted octanol–water partition coefficient (Wildman–Crippen LogP) is 4.81. The molecule has 0 saturated carbocycles. The SMILES string of the molecule is CN(c1ccc(C#N)cc1Cl)c1c([N+](=O)[O-])cc([N+](=O)[O-])cc1C(F)(F)F. The zero-order valence-corrected chi connectivity index (χ0v) is 14.1. The number of alkyl halides is 3. The first-order chi connectivity index (χ1) is 12.5. The molecule has 8 nitrogen and oxygen atoms in total. The fraction of sp³-hybridized carbons (Fsp3) is 0.133. The summed E-state index contributed by atoms with van der Waals surface area (Å²) in [5, 5.41) is 30.9. The number of rotatable bonds is 4. The van der Waals surface area contributed by atoms with Gasteiger partial charge in [-0.05, 0) is 18.2 Å². The van der Waals surface area contributed by atoms with Gasteiger partial charge in [0.25, 0.3) is 11.4 Å². The molecular weight excluding hydrogens is 393 g/mol. The van der Waals surface area contributed by atoms with Crippen molar-refractivity contribution in [1.82, 2.24) is 0 Å². The molecule has 0 heterocycles. The lowest BCUT2D eigenvalue weighted by atomic mass is 10.1. The molecule has 0 atom stereocenters. The maximum atomic E-state index is 13.5. The second-order valence-electron chi connectivity index (χ2n) is 5.21. The third kappa shape index (κ3) is 3.90. The van der Waals surface area contributed by atoms with Gasteiger partial charge in [-0.25, -0.2) is 0 Å². The van der Waals surface area contributed by atoms with Crippen molar-refractivity contribution in [2.75, 3.05) is 11.9 Å². The Morgan fingerprint density at radius 3 is 2.22 bits per heavy atom. The van der Waals surface area contributed by atoms with Crippen LogP contribution >= 0.6 is 11.6 Å². The lowest BCUT2D eigenvalue weighted by Gasteiger charge is -2.24. The van der Waals surface area contributed by atoms with Crippen LogP contribution in [0.5, 0.6) is 0 Å². The highest BCUT2D eigenvalue weighted by Gasteiger charge is 2.41. The van der Waals surface area contributed by atoms with E-state index in [2.05, 4.69) is 0 Å². The van der Waals surface area contributed by atoms with Gasteiger partial charge in [0.05, 0.1) is 43.8 Å². The molecule has 0 spiro atoms. The van der Waals surface area contributed by atoms with Crippen LogP contribution in [0.3, 0.4) is 0 Å². The van der Waals surface area contributed by atoms with Crippen LogP contribution < -0.4 is 4.90 Å². The van der Waals surface area contributed by atoms with Crippen molar-refractivity contribution in [3.63, 3.8) is 0 Å². The summed E-state index contributed by atoms with van der Waals surface area (Å²) in [6.45, 7) is 0. The minimum atomic E-state index is -5.11. The maximum Gasteiger partial charge on any atom is 0.418 e. The van der Waals surface area contributed by atoms with E-state index in [0.29, 0.717) is 6.07 Å². The van der Waals surface area contributed by atoms with E-state index in [1.165, 1.54) is 18.2 Å². The van der Waals surface area contributed by atoms with Crippen molar-refractivity contribution in [1.29, 1.82) is 5.26 Å². The molecule has 0 aliphatic carbocycles. The highest BCUT2D eigenvalue weighted by molar-refractivity contribution is 6.33. The largest absolute Gasteiger partial charge is 0.418 e. The smallest absolute Gasteiger partial charge is 0.337 e. The molecule has 0 aliphatic rings. The Morgan fingerprint density at radius 1 is 1.15 bits per heavy atom. The maximum absolute atomic E-state index is 13.5. The van der Waals surface area contributed by atoms with Gasteiger partial charge < -0.3 is 4.90 Å². The number of hydrogen-bond acceptors (Lipinski definition) is 6. The highest BCUT2D eigenvalue weighted by atomic mass is 35.5. The summed E-state index contributed by atoms with van der Waals surface area (Å²) in [4.78, 5) is 20.7. The Bertz CT molecular complexity index is 988. The van der Waals surface area contributed by atoms with Crippen LogP contribution in [0.25, 0.3) is 0 Å². The van der Waals surface area contributed by atoms with Crippen LogP contribution in [0.15, 0.2) is 30.3 Å². The number of benzene rings is 2. The van der Waals surface area contributed by atoms with Gasteiger partial charge in [-0.15, -0.1) is 0 Å². The molecular formula is C15H8ClF3N4O4. The number of anilines is 2. The van der Waals surface area contributed by atoms with Gasteiger partial charge >= 0.3 is 6.18 Å². The number of hydrogen-bond donors (Lipinski definition) is 0. The van der Waals surface area contributed by atoms with Crippen LogP contribution in [-0.2, 0) is 6.18 Å². The van der Waals surface area contributed by atoms with E-state index in [1.807, 2.05) is 0 Å². The van der Waals surface area contributed by atoms with E-state index in [0.717, 1.165) is 11.9 Å². The first-order valence-electron chi connectivity index (χ1n) is 6.94. The van der Waals surface area contributed by atoms with Crippen LogP contribution in [0, 0.1) is 31.6 Å². The van der Waals surface area contributed by atoms with Crippen molar-refractivity contribution in [3.8, 4) is 6.07 Å². The number of nitriles is 1. The van der Waals surface area contributed by atoms with Gasteiger partial charge in [0.15, 0.2) is 0 Å². The molecule has 27 heavy (non-hydrogen) atoms. The Balaban J connectivity index is 2.83. The molecule has 0 aromatic heterocycles. The quantitative estimate of drug-likeness (QED) is 0.537. The number of nitro benzene ring substituents is 2. The minimum Gasteiger partial charge on any atom is -0.337 e.